The van der Waals surface area contributed by atoms with E-state index in [1.54, 1.807) is 0 Å². The van der Waals surface area contributed by atoms with Gasteiger partial charge in [-0.05, 0) is 13.8 Å². The van der Waals surface area contributed by atoms with E-state index in [0.717, 1.165) is 17.0 Å². The summed E-state index contributed by atoms with van der Waals surface area (Å²) in [5.74, 6) is 0.787. The van der Waals surface area contributed by atoms with Gasteiger partial charge in [0.1, 0.15) is 5.76 Å². The number of aryl methyl sites for hydroxylation is 2. The summed E-state index contributed by atoms with van der Waals surface area (Å²) in [4.78, 5) is 3.59. The van der Waals surface area contributed by atoms with E-state index in [2.05, 4.69) is 10.1 Å². The number of hydrogen-bond donors (Lipinski definition) is 0. The van der Waals surface area contributed by atoms with E-state index >= 15 is 0 Å². The van der Waals surface area contributed by atoms with Crippen molar-refractivity contribution in [3.8, 4) is 0 Å². The molecule has 0 aromatic carbocycles. The maximum atomic E-state index is 12.3. The van der Waals surface area contributed by atoms with Gasteiger partial charge < -0.3 is 4.52 Å². The summed E-state index contributed by atoms with van der Waals surface area (Å²) in [6.45, 7) is 5.79. The molecule has 2 heterocycles. The van der Waals surface area contributed by atoms with Gasteiger partial charge in [-0.1, -0.05) is 5.16 Å². The van der Waals surface area contributed by atoms with Gasteiger partial charge in [0.15, 0.2) is 0 Å². The van der Waals surface area contributed by atoms with Gasteiger partial charge in [-0.25, -0.2) is 0 Å². The van der Waals surface area contributed by atoms with Crippen LogP contribution in [0.2, 0.25) is 0 Å². The lowest BCUT2D eigenvalue weighted by Crippen LogP contribution is -2.48. The zero-order valence-corrected chi connectivity index (χ0v) is 11.1. The predicted molar refractivity (Wildman–Crippen MR) is 63.7 cm³/mol. The van der Waals surface area contributed by atoms with Crippen LogP contribution in [0.5, 0.6) is 0 Å². The number of aromatic nitrogens is 1. The third-order valence-corrected chi connectivity index (χ3v) is 3.43. The molecular weight excluding hydrogens is 259 g/mol. The van der Waals surface area contributed by atoms with Crippen LogP contribution in [-0.2, 0) is 6.54 Å². The SMILES string of the molecule is Cc1noc(C)c1CN1CCN(CC(F)(F)F)CC1. The highest BCUT2D eigenvalue weighted by Crippen LogP contribution is 2.19. The van der Waals surface area contributed by atoms with Crippen LogP contribution in [0.3, 0.4) is 0 Å². The van der Waals surface area contributed by atoms with Crippen molar-refractivity contribution in [1.82, 2.24) is 15.0 Å². The standard InChI is InChI=1S/C12H18F3N3O/c1-9-11(10(2)19-16-9)7-17-3-5-18(6-4-17)8-12(13,14)15/h3-8H2,1-2H3. The van der Waals surface area contributed by atoms with Crippen molar-refractivity contribution >= 4 is 0 Å². The number of rotatable bonds is 3. The Bertz CT molecular complexity index is 403. The Hall–Kier alpha value is -1.08. The smallest absolute Gasteiger partial charge is 0.361 e. The van der Waals surface area contributed by atoms with E-state index in [9.17, 15) is 13.2 Å². The Morgan fingerprint density at radius 3 is 2.16 bits per heavy atom. The number of hydrogen-bond acceptors (Lipinski definition) is 4. The second kappa shape index (κ2) is 5.50. The lowest BCUT2D eigenvalue weighted by atomic mass is 10.2. The maximum Gasteiger partial charge on any atom is 0.401 e. The third-order valence-electron chi connectivity index (χ3n) is 3.43. The van der Waals surface area contributed by atoms with Crippen molar-refractivity contribution in [3.05, 3.63) is 17.0 Å². The molecule has 1 aromatic rings. The molecule has 0 atom stereocenters. The van der Waals surface area contributed by atoms with Crippen LogP contribution in [0.1, 0.15) is 17.0 Å². The van der Waals surface area contributed by atoms with E-state index < -0.39 is 12.7 Å². The second-order valence-electron chi connectivity index (χ2n) is 4.97. The van der Waals surface area contributed by atoms with E-state index in [1.165, 1.54) is 4.90 Å². The van der Waals surface area contributed by atoms with Crippen molar-refractivity contribution in [2.75, 3.05) is 32.7 Å². The van der Waals surface area contributed by atoms with Crippen molar-refractivity contribution in [3.63, 3.8) is 0 Å². The normalized spacial score (nSPS) is 19.0. The first-order valence-corrected chi connectivity index (χ1v) is 6.28. The molecule has 0 unspecified atom stereocenters. The second-order valence-corrected chi connectivity index (χ2v) is 4.97. The zero-order valence-electron chi connectivity index (χ0n) is 11.1. The fourth-order valence-corrected chi connectivity index (χ4v) is 2.31. The number of nitrogens with zero attached hydrogens (tertiary/aromatic N) is 3. The van der Waals surface area contributed by atoms with Gasteiger partial charge in [-0.3, -0.25) is 9.80 Å². The van der Waals surface area contributed by atoms with Crippen LogP contribution in [0.15, 0.2) is 4.52 Å². The van der Waals surface area contributed by atoms with E-state index in [-0.39, 0.29) is 0 Å². The number of alkyl halides is 3. The molecule has 0 N–H and O–H groups in total. The highest BCUT2D eigenvalue weighted by Gasteiger charge is 2.32. The molecule has 1 aromatic heterocycles. The number of piperazine rings is 1. The largest absolute Gasteiger partial charge is 0.401 e. The molecule has 0 saturated carbocycles. The monoisotopic (exact) mass is 277 g/mol. The Morgan fingerprint density at radius 1 is 1.11 bits per heavy atom. The fraction of sp³-hybridized carbons (Fsp3) is 0.750. The molecule has 4 nitrogen and oxygen atoms in total. The minimum absolute atomic E-state index is 0.447. The summed E-state index contributed by atoms with van der Waals surface area (Å²) < 4.78 is 41.9. The Kier molecular flexibility index (Phi) is 4.15. The van der Waals surface area contributed by atoms with E-state index in [0.29, 0.717) is 32.7 Å². The van der Waals surface area contributed by atoms with Crippen molar-refractivity contribution in [1.29, 1.82) is 0 Å². The van der Waals surface area contributed by atoms with Crippen molar-refractivity contribution < 1.29 is 17.7 Å². The zero-order chi connectivity index (χ0) is 14.0. The topological polar surface area (TPSA) is 32.5 Å². The molecule has 1 aliphatic rings. The van der Waals surface area contributed by atoms with Crippen molar-refractivity contribution in [2.45, 2.75) is 26.6 Å². The molecule has 0 spiro atoms. The van der Waals surface area contributed by atoms with Crippen LogP contribution in [-0.4, -0.2) is 53.9 Å². The molecule has 0 bridgehead atoms. The Balaban J connectivity index is 1.84. The molecule has 0 amide bonds. The van der Waals surface area contributed by atoms with Gasteiger partial charge in [-0.15, -0.1) is 0 Å². The first-order chi connectivity index (χ1) is 8.85. The quantitative estimate of drug-likeness (QED) is 0.845. The molecule has 1 aliphatic heterocycles. The molecule has 1 saturated heterocycles. The summed E-state index contributed by atoms with van der Waals surface area (Å²) in [6.07, 6.45) is -4.11. The fourth-order valence-electron chi connectivity index (χ4n) is 2.31. The molecule has 7 heteroatoms. The average molecular weight is 277 g/mol. The first-order valence-electron chi connectivity index (χ1n) is 6.28. The molecule has 2 rings (SSSR count). The molecule has 19 heavy (non-hydrogen) atoms. The lowest BCUT2D eigenvalue weighted by Gasteiger charge is -2.34. The van der Waals surface area contributed by atoms with E-state index in [4.69, 9.17) is 4.52 Å². The molecule has 1 fully saturated rings. The maximum absolute atomic E-state index is 12.3. The summed E-state index contributed by atoms with van der Waals surface area (Å²) in [7, 11) is 0. The minimum Gasteiger partial charge on any atom is -0.361 e. The number of halogens is 3. The lowest BCUT2D eigenvalue weighted by molar-refractivity contribution is -0.149. The third kappa shape index (κ3) is 3.94. The van der Waals surface area contributed by atoms with Gasteiger partial charge in [0.05, 0.1) is 12.2 Å². The minimum atomic E-state index is -4.11. The average Bonchev–Trinajstić information content (AvgIpc) is 2.61. The van der Waals surface area contributed by atoms with Gasteiger partial charge >= 0.3 is 6.18 Å². The molecule has 0 aliphatic carbocycles. The van der Waals surface area contributed by atoms with Crippen LogP contribution in [0.4, 0.5) is 13.2 Å². The van der Waals surface area contributed by atoms with Crippen LogP contribution >= 0.6 is 0 Å². The first kappa shape index (κ1) is 14.3. The van der Waals surface area contributed by atoms with Gasteiger partial charge in [0.2, 0.25) is 0 Å². The summed E-state index contributed by atoms with van der Waals surface area (Å²) in [6, 6.07) is 0. The van der Waals surface area contributed by atoms with Gasteiger partial charge in [-0.2, -0.15) is 13.2 Å². The van der Waals surface area contributed by atoms with Crippen LogP contribution < -0.4 is 0 Å². The Labute approximate surface area is 110 Å². The molecular formula is C12H18F3N3O. The van der Waals surface area contributed by atoms with Crippen LogP contribution in [0.25, 0.3) is 0 Å². The summed E-state index contributed by atoms with van der Waals surface area (Å²) in [5.41, 5.74) is 1.90. The van der Waals surface area contributed by atoms with Gasteiger partial charge in [0.25, 0.3) is 0 Å². The Morgan fingerprint density at radius 2 is 1.68 bits per heavy atom. The van der Waals surface area contributed by atoms with Crippen molar-refractivity contribution in [2.24, 2.45) is 0 Å². The van der Waals surface area contributed by atoms with Crippen LogP contribution in [0, 0.1) is 13.8 Å². The molecule has 108 valence electrons. The highest BCUT2D eigenvalue weighted by molar-refractivity contribution is 5.20. The summed E-state index contributed by atoms with van der Waals surface area (Å²) in [5, 5.41) is 3.88. The van der Waals surface area contributed by atoms with Gasteiger partial charge in [0, 0.05) is 38.3 Å². The molecule has 0 radical (unpaired) electrons. The van der Waals surface area contributed by atoms with E-state index in [1.807, 2.05) is 13.8 Å². The highest BCUT2D eigenvalue weighted by atomic mass is 19.4. The predicted octanol–water partition coefficient (Wildman–Crippen LogP) is 1.97. The summed E-state index contributed by atoms with van der Waals surface area (Å²) >= 11 is 0.